The number of oxazole rings is 1. The number of benzene rings is 1. The molecule has 0 spiro atoms. The van der Waals surface area contributed by atoms with Crippen LogP contribution in [-0.2, 0) is 0 Å². The van der Waals surface area contributed by atoms with Crippen molar-refractivity contribution in [2.24, 2.45) is 0 Å². The highest BCUT2D eigenvalue weighted by Gasteiger charge is 2.21. The standard InChI is InChI=1S/C19H10FN5O2S/c20-12-6-4-11(5-7-12)15-17(27-10-23-15)18(26)25-19-24-16(14(9-21)28-19)13-3-1-2-8-22-13/h1-8,10H,(H,24,25,26). The number of aromatic nitrogens is 3. The van der Waals surface area contributed by atoms with Gasteiger partial charge in [-0.3, -0.25) is 15.1 Å². The van der Waals surface area contributed by atoms with Gasteiger partial charge in [-0.05, 0) is 36.4 Å². The van der Waals surface area contributed by atoms with E-state index in [0.717, 1.165) is 17.7 Å². The van der Waals surface area contributed by atoms with Gasteiger partial charge < -0.3 is 4.42 Å². The van der Waals surface area contributed by atoms with E-state index >= 15 is 0 Å². The van der Waals surface area contributed by atoms with Gasteiger partial charge in [-0.15, -0.1) is 0 Å². The first kappa shape index (κ1) is 17.5. The maximum absolute atomic E-state index is 13.1. The first-order valence-corrected chi connectivity index (χ1v) is 8.80. The van der Waals surface area contributed by atoms with Crippen molar-refractivity contribution in [2.75, 3.05) is 5.32 Å². The van der Waals surface area contributed by atoms with Crippen molar-refractivity contribution in [1.29, 1.82) is 5.26 Å². The number of anilines is 1. The molecule has 0 fully saturated rings. The molecule has 1 aromatic carbocycles. The lowest BCUT2D eigenvalue weighted by Gasteiger charge is -2.01. The highest BCUT2D eigenvalue weighted by molar-refractivity contribution is 7.16. The summed E-state index contributed by atoms with van der Waals surface area (Å²) in [5.74, 6) is -1.02. The molecule has 0 bridgehead atoms. The van der Waals surface area contributed by atoms with Crippen molar-refractivity contribution in [3.63, 3.8) is 0 Å². The van der Waals surface area contributed by atoms with E-state index in [0.29, 0.717) is 21.8 Å². The van der Waals surface area contributed by atoms with E-state index in [-0.39, 0.29) is 16.6 Å². The molecule has 9 heteroatoms. The molecule has 0 radical (unpaired) electrons. The van der Waals surface area contributed by atoms with E-state index < -0.39 is 11.7 Å². The molecule has 1 N–H and O–H groups in total. The lowest BCUT2D eigenvalue weighted by molar-refractivity contribution is 0.0997. The molecule has 3 aromatic heterocycles. The summed E-state index contributed by atoms with van der Waals surface area (Å²) in [5, 5.41) is 12.2. The average molecular weight is 391 g/mol. The van der Waals surface area contributed by atoms with E-state index in [4.69, 9.17) is 4.42 Å². The molecule has 4 rings (SSSR count). The van der Waals surface area contributed by atoms with Crippen molar-refractivity contribution in [2.45, 2.75) is 0 Å². The Labute approximate surface area is 162 Å². The second kappa shape index (κ2) is 7.38. The van der Waals surface area contributed by atoms with Crippen LogP contribution in [0, 0.1) is 17.1 Å². The fourth-order valence-electron chi connectivity index (χ4n) is 2.50. The number of carbonyl (C=O) groups excluding carboxylic acids is 1. The minimum absolute atomic E-state index is 0.0419. The molecular formula is C19H10FN5O2S. The van der Waals surface area contributed by atoms with Gasteiger partial charge in [0.05, 0.1) is 5.69 Å². The molecule has 7 nitrogen and oxygen atoms in total. The van der Waals surface area contributed by atoms with E-state index in [9.17, 15) is 14.4 Å². The first-order valence-electron chi connectivity index (χ1n) is 7.99. The van der Waals surface area contributed by atoms with Gasteiger partial charge in [0.15, 0.2) is 11.5 Å². The second-order valence-corrected chi connectivity index (χ2v) is 6.51. The number of rotatable bonds is 4. The molecule has 3 heterocycles. The van der Waals surface area contributed by atoms with E-state index in [1.54, 1.807) is 24.4 Å². The molecule has 0 aliphatic carbocycles. The zero-order valence-corrected chi connectivity index (χ0v) is 14.9. The Hall–Kier alpha value is -3.90. The van der Waals surface area contributed by atoms with Crippen LogP contribution in [0.15, 0.2) is 59.5 Å². The van der Waals surface area contributed by atoms with E-state index in [2.05, 4.69) is 26.3 Å². The number of nitrogens with zero attached hydrogens (tertiary/aromatic N) is 4. The van der Waals surface area contributed by atoms with Crippen LogP contribution in [-0.4, -0.2) is 20.9 Å². The van der Waals surface area contributed by atoms with Gasteiger partial charge in [-0.25, -0.2) is 14.4 Å². The van der Waals surface area contributed by atoms with Crippen molar-refractivity contribution in [1.82, 2.24) is 15.0 Å². The lowest BCUT2D eigenvalue weighted by Crippen LogP contribution is -2.12. The number of halogens is 1. The highest BCUT2D eigenvalue weighted by atomic mass is 32.1. The summed E-state index contributed by atoms with van der Waals surface area (Å²) in [6, 6.07) is 12.9. The minimum atomic E-state index is -0.581. The Morgan fingerprint density at radius 2 is 1.96 bits per heavy atom. The Balaban J connectivity index is 1.62. The molecule has 0 saturated heterocycles. The second-order valence-electron chi connectivity index (χ2n) is 5.51. The minimum Gasteiger partial charge on any atom is -0.438 e. The third kappa shape index (κ3) is 3.36. The molecule has 0 aliphatic heterocycles. The van der Waals surface area contributed by atoms with Crippen molar-refractivity contribution >= 4 is 22.4 Å². The Morgan fingerprint density at radius 1 is 1.14 bits per heavy atom. The quantitative estimate of drug-likeness (QED) is 0.561. The van der Waals surface area contributed by atoms with Gasteiger partial charge in [0, 0.05) is 11.8 Å². The monoisotopic (exact) mass is 391 g/mol. The van der Waals surface area contributed by atoms with E-state index in [1.165, 1.54) is 24.3 Å². The van der Waals surface area contributed by atoms with Crippen LogP contribution in [0.5, 0.6) is 0 Å². The molecule has 1 amide bonds. The molecular weight excluding hydrogens is 381 g/mol. The van der Waals surface area contributed by atoms with Crippen LogP contribution >= 0.6 is 11.3 Å². The molecule has 0 aliphatic rings. The summed E-state index contributed by atoms with van der Waals surface area (Å²) < 4.78 is 18.3. The predicted octanol–water partition coefficient (Wildman–Crippen LogP) is 4.12. The number of nitrogens with one attached hydrogen (secondary N) is 1. The molecule has 0 unspecified atom stereocenters. The highest BCUT2D eigenvalue weighted by Crippen LogP contribution is 2.30. The Bertz CT molecular complexity index is 1180. The number of hydrogen-bond donors (Lipinski definition) is 1. The van der Waals surface area contributed by atoms with Crippen molar-refractivity contribution < 1.29 is 13.6 Å². The molecule has 4 aromatic rings. The number of thiazole rings is 1. The molecule has 0 saturated carbocycles. The number of nitriles is 1. The fourth-order valence-corrected chi connectivity index (χ4v) is 3.27. The average Bonchev–Trinajstić information content (AvgIpc) is 3.36. The van der Waals surface area contributed by atoms with Gasteiger partial charge >= 0.3 is 0 Å². The van der Waals surface area contributed by atoms with Gasteiger partial charge in [-0.2, -0.15) is 5.26 Å². The zero-order valence-electron chi connectivity index (χ0n) is 14.1. The summed E-state index contributed by atoms with van der Waals surface area (Å²) in [5.41, 5.74) is 1.73. The van der Waals surface area contributed by atoms with Gasteiger partial charge in [-0.1, -0.05) is 17.4 Å². The van der Waals surface area contributed by atoms with Crippen LogP contribution in [0.3, 0.4) is 0 Å². The van der Waals surface area contributed by atoms with E-state index in [1.807, 2.05) is 0 Å². The molecule has 136 valence electrons. The number of amides is 1. The topological polar surface area (TPSA) is 105 Å². The summed E-state index contributed by atoms with van der Waals surface area (Å²) in [4.78, 5) is 25.5. The summed E-state index contributed by atoms with van der Waals surface area (Å²) in [6.07, 6.45) is 2.73. The summed E-state index contributed by atoms with van der Waals surface area (Å²) in [7, 11) is 0. The van der Waals surface area contributed by atoms with Crippen molar-refractivity contribution in [3.05, 3.63) is 71.5 Å². The largest absolute Gasteiger partial charge is 0.438 e. The van der Waals surface area contributed by atoms with Gasteiger partial charge in [0.1, 0.15) is 28.2 Å². The lowest BCUT2D eigenvalue weighted by atomic mass is 10.1. The Kier molecular flexibility index (Phi) is 4.62. The fraction of sp³-hybridized carbons (Fsp3) is 0. The van der Waals surface area contributed by atoms with Gasteiger partial charge in [0.2, 0.25) is 5.76 Å². The van der Waals surface area contributed by atoms with Gasteiger partial charge in [0.25, 0.3) is 5.91 Å². The number of hydrogen-bond acceptors (Lipinski definition) is 7. The maximum atomic E-state index is 13.1. The molecule has 0 atom stereocenters. The van der Waals surface area contributed by atoms with Crippen LogP contribution < -0.4 is 5.32 Å². The third-order valence-electron chi connectivity index (χ3n) is 3.75. The maximum Gasteiger partial charge on any atom is 0.295 e. The Morgan fingerprint density at radius 3 is 2.68 bits per heavy atom. The summed E-state index contributed by atoms with van der Waals surface area (Å²) in [6.45, 7) is 0. The first-order chi connectivity index (χ1) is 13.7. The zero-order chi connectivity index (χ0) is 19.5. The number of carbonyl (C=O) groups is 1. The van der Waals surface area contributed by atoms with Crippen LogP contribution in [0.1, 0.15) is 15.4 Å². The van der Waals surface area contributed by atoms with Crippen LogP contribution in [0.4, 0.5) is 9.52 Å². The number of pyridine rings is 1. The summed E-state index contributed by atoms with van der Waals surface area (Å²) >= 11 is 1.03. The predicted molar refractivity (Wildman–Crippen MR) is 99.9 cm³/mol. The van der Waals surface area contributed by atoms with Crippen LogP contribution in [0.25, 0.3) is 22.6 Å². The van der Waals surface area contributed by atoms with Crippen molar-refractivity contribution in [3.8, 4) is 28.7 Å². The van der Waals surface area contributed by atoms with Crippen LogP contribution in [0.2, 0.25) is 0 Å². The normalized spacial score (nSPS) is 10.4. The smallest absolute Gasteiger partial charge is 0.295 e. The third-order valence-corrected chi connectivity index (χ3v) is 4.62. The SMILES string of the molecule is N#Cc1sc(NC(=O)c2ocnc2-c2ccc(F)cc2)nc1-c1ccccn1. The molecule has 28 heavy (non-hydrogen) atoms.